The van der Waals surface area contributed by atoms with E-state index in [0.29, 0.717) is 13.0 Å². The molecule has 0 saturated carbocycles. The number of hydrogen-bond acceptors (Lipinski definition) is 5. The summed E-state index contributed by atoms with van der Waals surface area (Å²) in [6.07, 6.45) is 0.347. The molecule has 1 atom stereocenters. The highest BCUT2D eigenvalue weighted by atomic mass is 19.1. The Morgan fingerprint density at radius 1 is 0.939 bits per heavy atom. The molecule has 3 aromatic rings. The van der Waals surface area contributed by atoms with Crippen LogP contribution in [-0.2, 0) is 6.42 Å². The summed E-state index contributed by atoms with van der Waals surface area (Å²) in [5, 5.41) is 10.3. The fraction of sp³-hybridized carbons (Fsp3) is 0.407. The number of aryl methyl sites for hydroxylation is 1. The number of piperazine rings is 1. The number of aliphatic hydroxyl groups is 1. The Morgan fingerprint density at radius 3 is 2.24 bits per heavy atom. The van der Waals surface area contributed by atoms with Crippen molar-refractivity contribution in [3.8, 4) is 11.4 Å². The summed E-state index contributed by atoms with van der Waals surface area (Å²) in [6, 6.07) is 16.7. The zero-order valence-electron chi connectivity index (χ0n) is 19.7. The van der Waals surface area contributed by atoms with Crippen LogP contribution in [0.4, 0.5) is 10.2 Å². The Hall–Kier alpha value is -2.83. The summed E-state index contributed by atoms with van der Waals surface area (Å²) in [5.41, 5.74) is 4.06. The van der Waals surface area contributed by atoms with Crippen molar-refractivity contribution in [2.75, 3.05) is 37.6 Å². The number of nitrogens with zero attached hydrogens (tertiary/aromatic N) is 4. The van der Waals surface area contributed by atoms with E-state index < -0.39 is 0 Å². The maximum absolute atomic E-state index is 13.4. The monoisotopic (exact) mass is 448 g/mol. The predicted molar refractivity (Wildman–Crippen MR) is 131 cm³/mol. The lowest BCUT2D eigenvalue weighted by atomic mass is 10.0. The molecule has 0 amide bonds. The summed E-state index contributed by atoms with van der Waals surface area (Å²) in [7, 11) is 0. The number of rotatable bonds is 7. The second kappa shape index (κ2) is 10.4. The fourth-order valence-corrected chi connectivity index (χ4v) is 4.19. The van der Waals surface area contributed by atoms with Gasteiger partial charge in [0.25, 0.3) is 0 Å². The molecule has 5 nitrogen and oxygen atoms in total. The Morgan fingerprint density at radius 2 is 1.61 bits per heavy atom. The number of aliphatic hydroxyl groups excluding tert-OH is 1. The first-order valence-electron chi connectivity index (χ1n) is 11.7. The predicted octanol–water partition coefficient (Wildman–Crippen LogP) is 4.32. The number of β-amino-alcohol motifs (C(OH)–C–C–N with tert-alkyl or cyclic N) is 1. The first-order chi connectivity index (χ1) is 15.9. The molecule has 2 aromatic carbocycles. The van der Waals surface area contributed by atoms with Gasteiger partial charge in [-0.25, -0.2) is 14.4 Å². The lowest BCUT2D eigenvalue weighted by molar-refractivity contribution is 0.0738. The summed E-state index contributed by atoms with van der Waals surface area (Å²) in [4.78, 5) is 14.5. The molecule has 4 rings (SSSR count). The molecular weight excluding hydrogens is 415 g/mol. The van der Waals surface area contributed by atoms with Crippen LogP contribution in [-0.4, -0.2) is 58.8 Å². The number of anilines is 1. The van der Waals surface area contributed by atoms with Crippen LogP contribution in [0.5, 0.6) is 0 Å². The van der Waals surface area contributed by atoms with Gasteiger partial charge < -0.3 is 10.0 Å². The van der Waals surface area contributed by atoms with E-state index >= 15 is 0 Å². The Labute approximate surface area is 195 Å². The van der Waals surface area contributed by atoms with Crippen LogP contribution >= 0.6 is 0 Å². The molecule has 0 aliphatic carbocycles. The summed E-state index contributed by atoms with van der Waals surface area (Å²) in [6.45, 7) is 10.3. The molecule has 6 heteroatoms. The quantitative estimate of drug-likeness (QED) is 0.583. The molecule has 174 valence electrons. The minimum absolute atomic E-state index is 0.230. The number of aromatic nitrogens is 2. The minimum Gasteiger partial charge on any atom is -0.392 e. The minimum atomic E-state index is -0.309. The van der Waals surface area contributed by atoms with Gasteiger partial charge in [0.2, 0.25) is 0 Å². The summed E-state index contributed by atoms with van der Waals surface area (Å²) >= 11 is 0. The highest BCUT2D eigenvalue weighted by Gasteiger charge is 2.25. The molecule has 1 fully saturated rings. The average Bonchev–Trinajstić information content (AvgIpc) is 2.82. The van der Waals surface area contributed by atoms with Gasteiger partial charge in [0.15, 0.2) is 5.82 Å². The number of halogens is 1. The maximum atomic E-state index is 13.4. The van der Waals surface area contributed by atoms with Gasteiger partial charge in [-0.15, -0.1) is 0 Å². The molecule has 1 saturated heterocycles. The van der Waals surface area contributed by atoms with Gasteiger partial charge in [-0.1, -0.05) is 56.3 Å². The van der Waals surface area contributed by atoms with Gasteiger partial charge in [0.05, 0.1) is 6.10 Å². The molecule has 1 aliphatic heterocycles. The van der Waals surface area contributed by atoms with Gasteiger partial charge in [-0.3, -0.25) is 4.90 Å². The first-order valence-corrected chi connectivity index (χ1v) is 11.7. The van der Waals surface area contributed by atoms with Crippen molar-refractivity contribution >= 4 is 5.82 Å². The zero-order chi connectivity index (χ0) is 23.4. The van der Waals surface area contributed by atoms with Gasteiger partial charge in [0, 0.05) is 56.0 Å². The number of hydrogen-bond donors (Lipinski definition) is 1. The third-order valence-electron chi connectivity index (χ3n) is 6.40. The van der Waals surface area contributed by atoms with Gasteiger partial charge in [-0.05, 0) is 30.5 Å². The fourth-order valence-electron chi connectivity index (χ4n) is 4.19. The molecule has 0 spiro atoms. The van der Waals surface area contributed by atoms with Crippen molar-refractivity contribution < 1.29 is 9.50 Å². The highest BCUT2D eigenvalue weighted by Crippen LogP contribution is 2.28. The van der Waals surface area contributed by atoms with Crippen molar-refractivity contribution in [1.29, 1.82) is 0 Å². The van der Waals surface area contributed by atoms with Crippen LogP contribution in [0.2, 0.25) is 0 Å². The molecule has 0 radical (unpaired) electrons. The van der Waals surface area contributed by atoms with Crippen molar-refractivity contribution in [3.05, 3.63) is 77.2 Å². The molecule has 1 aromatic heterocycles. The Balaban J connectivity index is 1.62. The molecule has 1 N–H and O–H groups in total. The van der Waals surface area contributed by atoms with E-state index in [2.05, 4.69) is 23.6 Å². The van der Waals surface area contributed by atoms with E-state index in [4.69, 9.17) is 9.97 Å². The van der Waals surface area contributed by atoms with E-state index in [1.165, 1.54) is 12.1 Å². The Kier molecular flexibility index (Phi) is 7.36. The highest BCUT2D eigenvalue weighted by molar-refractivity contribution is 5.61. The molecule has 2 heterocycles. The van der Waals surface area contributed by atoms with Crippen LogP contribution in [0.25, 0.3) is 11.4 Å². The van der Waals surface area contributed by atoms with Crippen LogP contribution in [0.3, 0.4) is 0 Å². The van der Waals surface area contributed by atoms with Crippen molar-refractivity contribution in [2.24, 2.45) is 5.92 Å². The average molecular weight is 449 g/mol. The second-order valence-electron chi connectivity index (χ2n) is 9.20. The zero-order valence-corrected chi connectivity index (χ0v) is 19.7. The van der Waals surface area contributed by atoms with Crippen LogP contribution in [0.1, 0.15) is 30.7 Å². The van der Waals surface area contributed by atoms with Gasteiger partial charge in [0.1, 0.15) is 11.6 Å². The van der Waals surface area contributed by atoms with Crippen molar-refractivity contribution in [3.63, 3.8) is 0 Å². The lowest BCUT2D eigenvalue weighted by Crippen LogP contribution is -2.49. The normalized spacial score (nSPS) is 15.8. The molecule has 1 unspecified atom stereocenters. The molecular formula is C27H33FN4O. The molecule has 33 heavy (non-hydrogen) atoms. The largest absolute Gasteiger partial charge is 0.392 e. The van der Waals surface area contributed by atoms with Gasteiger partial charge >= 0.3 is 0 Å². The smallest absolute Gasteiger partial charge is 0.161 e. The standard InChI is InChI=1S/C27H33FN4O/c1-19(2)25(33)18-31-13-15-32(16-14-31)27-24(17-21-9-11-23(28)12-10-21)20(3)29-26(30-27)22-7-5-4-6-8-22/h4-12,19,25,33H,13-18H2,1-3H3. The summed E-state index contributed by atoms with van der Waals surface area (Å²) < 4.78 is 13.4. The van der Waals surface area contributed by atoms with E-state index in [0.717, 1.165) is 60.2 Å². The van der Waals surface area contributed by atoms with E-state index in [-0.39, 0.29) is 17.8 Å². The Bertz CT molecular complexity index is 1050. The van der Waals surface area contributed by atoms with Crippen LogP contribution < -0.4 is 4.90 Å². The summed E-state index contributed by atoms with van der Waals surface area (Å²) in [5.74, 6) is 1.70. The van der Waals surface area contributed by atoms with E-state index in [1.54, 1.807) is 0 Å². The molecule has 0 bridgehead atoms. The van der Waals surface area contributed by atoms with Crippen LogP contribution in [0, 0.1) is 18.7 Å². The maximum Gasteiger partial charge on any atom is 0.161 e. The topological polar surface area (TPSA) is 52.5 Å². The molecule has 1 aliphatic rings. The lowest BCUT2D eigenvalue weighted by Gasteiger charge is -2.37. The van der Waals surface area contributed by atoms with E-state index in [9.17, 15) is 9.50 Å². The third-order valence-corrected chi connectivity index (χ3v) is 6.40. The SMILES string of the molecule is Cc1nc(-c2ccccc2)nc(N2CCN(CC(O)C(C)C)CC2)c1Cc1ccc(F)cc1. The van der Waals surface area contributed by atoms with Crippen molar-refractivity contribution in [1.82, 2.24) is 14.9 Å². The second-order valence-corrected chi connectivity index (χ2v) is 9.20. The first kappa shape index (κ1) is 23.3. The van der Waals surface area contributed by atoms with Gasteiger partial charge in [-0.2, -0.15) is 0 Å². The number of benzene rings is 2. The van der Waals surface area contributed by atoms with Crippen molar-refractivity contribution in [2.45, 2.75) is 33.3 Å². The third kappa shape index (κ3) is 5.75. The van der Waals surface area contributed by atoms with Crippen LogP contribution in [0.15, 0.2) is 54.6 Å². The van der Waals surface area contributed by atoms with E-state index in [1.807, 2.05) is 49.4 Å².